The molecule has 5 rings (SSSR count). The number of nitrogens with one attached hydrogen (secondary N) is 1. The summed E-state index contributed by atoms with van der Waals surface area (Å²) >= 11 is 0. The summed E-state index contributed by atoms with van der Waals surface area (Å²) in [4.78, 5) is 31.5. The third kappa shape index (κ3) is 6.00. The van der Waals surface area contributed by atoms with Gasteiger partial charge in [0.2, 0.25) is 11.8 Å². The Balaban J connectivity index is 1.29. The van der Waals surface area contributed by atoms with Gasteiger partial charge in [0.1, 0.15) is 17.8 Å². The van der Waals surface area contributed by atoms with Crippen molar-refractivity contribution >= 4 is 11.8 Å². The first kappa shape index (κ1) is 26.2. The van der Waals surface area contributed by atoms with E-state index >= 15 is 0 Å². The molecule has 39 heavy (non-hydrogen) atoms. The monoisotopic (exact) mass is 527 g/mol. The zero-order chi connectivity index (χ0) is 27.4. The van der Waals surface area contributed by atoms with Gasteiger partial charge < -0.3 is 19.4 Å². The van der Waals surface area contributed by atoms with Gasteiger partial charge in [-0.25, -0.2) is 9.37 Å². The van der Waals surface area contributed by atoms with E-state index < -0.39 is 5.91 Å². The average molecular weight is 528 g/mol. The minimum atomic E-state index is -0.426. The average Bonchev–Trinajstić information content (AvgIpc) is 3.43. The summed E-state index contributed by atoms with van der Waals surface area (Å²) in [5.41, 5.74) is 5.19. The third-order valence-electron chi connectivity index (χ3n) is 6.85. The van der Waals surface area contributed by atoms with E-state index in [2.05, 4.69) is 34.6 Å². The van der Waals surface area contributed by atoms with Crippen LogP contribution in [0.1, 0.15) is 63.6 Å². The number of ether oxygens (including phenoxy) is 1. The Morgan fingerprint density at radius 3 is 2.72 bits per heavy atom. The Bertz CT molecular complexity index is 1480. The summed E-state index contributed by atoms with van der Waals surface area (Å²) in [5, 5.41) is 2.70. The number of amides is 2. The van der Waals surface area contributed by atoms with Crippen LogP contribution in [0.4, 0.5) is 4.39 Å². The van der Waals surface area contributed by atoms with Crippen LogP contribution >= 0.6 is 0 Å². The maximum Gasteiger partial charge on any atom is 0.273 e. The first-order valence-electron chi connectivity index (χ1n) is 13.0. The van der Waals surface area contributed by atoms with Crippen molar-refractivity contribution in [3.63, 3.8) is 0 Å². The summed E-state index contributed by atoms with van der Waals surface area (Å²) in [7, 11) is 0. The number of benzene rings is 3. The molecule has 1 atom stereocenters. The van der Waals surface area contributed by atoms with Crippen LogP contribution in [0.2, 0.25) is 0 Å². The largest absolute Gasteiger partial charge is 0.484 e. The molecule has 4 aromatic rings. The number of oxazole rings is 1. The highest BCUT2D eigenvalue weighted by molar-refractivity contribution is 5.91. The lowest BCUT2D eigenvalue weighted by molar-refractivity contribution is -0.132. The molecule has 1 unspecified atom stereocenters. The summed E-state index contributed by atoms with van der Waals surface area (Å²) in [6.45, 7) is 4.79. The maximum absolute atomic E-state index is 13.4. The van der Waals surface area contributed by atoms with Gasteiger partial charge in [-0.3, -0.25) is 9.59 Å². The van der Waals surface area contributed by atoms with E-state index in [9.17, 15) is 14.0 Å². The first-order valence-corrected chi connectivity index (χ1v) is 13.0. The van der Waals surface area contributed by atoms with Gasteiger partial charge in [-0.05, 0) is 59.9 Å². The van der Waals surface area contributed by atoms with E-state index in [4.69, 9.17) is 9.15 Å². The number of aryl methyl sites for hydroxylation is 1. The van der Waals surface area contributed by atoms with Crippen LogP contribution in [-0.2, 0) is 24.4 Å². The smallest absolute Gasteiger partial charge is 0.273 e. The van der Waals surface area contributed by atoms with Crippen molar-refractivity contribution in [1.82, 2.24) is 15.2 Å². The van der Waals surface area contributed by atoms with E-state index in [1.54, 1.807) is 12.1 Å². The molecule has 2 amide bonds. The first-order chi connectivity index (χ1) is 18.9. The highest BCUT2D eigenvalue weighted by atomic mass is 19.1. The molecular formula is C31H30FN3O4. The molecule has 0 fully saturated rings. The van der Waals surface area contributed by atoms with E-state index in [-0.39, 0.29) is 42.5 Å². The summed E-state index contributed by atoms with van der Waals surface area (Å²) in [5.74, 6) is 0.193. The summed E-state index contributed by atoms with van der Waals surface area (Å²) in [6.07, 6.45) is 2.49. The SMILES string of the molecule is CCC(=O)N1CCc2ccc(OCc3nc(C(=O)NCc4cccc(F)c4)co3)cc2C1c1ccc(C)cc1. The molecule has 0 radical (unpaired) electrons. The van der Waals surface area contributed by atoms with Crippen molar-refractivity contribution in [3.8, 4) is 5.75 Å². The number of fused-ring (bicyclic) bond motifs is 1. The summed E-state index contributed by atoms with van der Waals surface area (Å²) < 4.78 is 24.8. The standard InChI is InChI=1S/C31H30FN3O4/c1-3-29(36)35-14-13-22-11-12-25(16-26(22)30(35)23-9-7-20(2)8-10-23)38-19-28-34-27(18-39-28)31(37)33-17-21-5-4-6-24(32)15-21/h4-12,15-16,18,30H,3,13-14,17,19H2,1-2H3,(H,33,37). The van der Waals surface area contributed by atoms with Gasteiger partial charge in [0.25, 0.3) is 5.91 Å². The van der Waals surface area contributed by atoms with Gasteiger partial charge in [-0.1, -0.05) is 55.0 Å². The fourth-order valence-corrected chi connectivity index (χ4v) is 4.81. The summed E-state index contributed by atoms with van der Waals surface area (Å²) in [6, 6.07) is 20.0. The van der Waals surface area contributed by atoms with Crippen molar-refractivity contribution < 1.29 is 23.1 Å². The van der Waals surface area contributed by atoms with Crippen molar-refractivity contribution in [2.45, 2.75) is 45.9 Å². The number of carbonyl (C=O) groups is 2. The Morgan fingerprint density at radius 1 is 1.13 bits per heavy atom. The van der Waals surface area contributed by atoms with Crippen molar-refractivity contribution in [1.29, 1.82) is 0 Å². The molecule has 200 valence electrons. The topological polar surface area (TPSA) is 84.7 Å². The quantitative estimate of drug-likeness (QED) is 0.326. The number of hydrogen-bond donors (Lipinski definition) is 1. The van der Waals surface area contributed by atoms with Gasteiger partial charge in [-0.15, -0.1) is 0 Å². The predicted molar refractivity (Wildman–Crippen MR) is 144 cm³/mol. The second kappa shape index (κ2) is 11.5. The molecule has 1 aliphatic heterocycles. The number of hydrogen-bond acceptors (Lipinski definition) is 5. The maximum atomic E-state index is 13.4. The van der Waals surface area contributed by atoms with E-state index in [0.717, 1.165) is 23.1 Å². The lowest BCUT2D eigenvalue weighted by Crippen LogP contribution is -2.40. The number of halogens is 1. The molecule has 1 aromatic heterocycles. The van der Waals surface area contributed by atoms with Crippen LogP contribution < -0.4 is 10.1 Å². The van der Waals surface area contributed by atoms with Crippen LogP contribution in [-0.4, -0.2) is 28.2 Å². The number of nitrogens with zero attached hydrogens (tertiary/aromatic N) is 2. The molecule has 7 nitrogen and oxygen atoms in total. The molecule has 1 aliphatic rings. The van der Waals surface area contributed by atoms with E-state index in [0.29, 0.717) is 24.3 Å². The molecule has 2 heterocycles. The van der Waals surface area contributed by atoms with E-state index in [1.165, 1.54) is 24.0 Å². The van der Waals surface area contributed by atoms with Crippen LogP contribution in [0.15, 0.2) is 77.4 Å². The molecule has 0 saturated carbocycles. The minimum absolute atomic E-state index is 0.0305. The molecule has 1 N–H and O–H groups in total. The molecule has 0 spiro atoms. The van der Waals surface area contributed by atoms with Crippen LogP contribution in [0, 0.1) is 12.7 Å². The Kier molecular flexibility index (Phi) is 7.72. The molecule has 3 aromatic carbocycles. The molecule has 8 heteroatoms. The highest BCUT2D eigenvalue weighted by Gasteiger charge is 2.31. The zero-order valence-electron chi connectivity index (χ0n) is 21.9. The van der Waals surface area contributed by atoms with Crippen LogP contribution in [0.5, 0.6) is 5.75 Å². The second-order valence-electron chi connectivity index (χ2n) is 9.59. The number of rotatable bonds is 8. The highest BCUT2D eigenvalue weighted by Crippen LogP contribution is 2.37. The zero-order valence-corrected chi connectivity index (χ0v) is 21.9. The number of carbonyl (C=O) groups excluding carboxylic acids is 2. The van der Waals surface area contributed by atoms with Gasteiger partial charge in [0.15, 0.2) is 12.3 Å². The van der Waals surface area contributed by atoms with Crippen LogP contribution in [0.25, 0.3) is 0 Å². The second-order valence-corrected chi connectivity index (χ2v) is 9.59. The normalized spacial score (nSPS) is 14.5. The van der Waals surface area contributed by atoms with Gasteiger partial charge in [-0.2, -0.15) is 0 Å². The molecule has 0 saturated heterocycles. The Hall–Kier alpha value is -4.46. The minimum Gasteiger partial charge on any atom is -0.484 e. The predicted octanol–water partition coefficient (Wildman–Crippen LogP) is 5.52. The molecular weight excluding hydrogens is 497 g/mol. The van der Waals surface area contributed by atoms with Crippen molar-refractivity contribution in [3.05, 3.63) is 118 Å². The van der Waals surface area contributed by atoms with E-state index in [1.807, 2.05) is 36.9 Å². The molecule has 0 aliphatic carbocycles. The van der Waals surface area contributed by atoms with Crippen molar-refractivity contribution in [2.75, 3.05) is 6.54 Å². The third-order valence-corrected chi connectivity index (χ3v) is 6.85. The Labute approximate surface area is 226 Å². The lowest BCUT2D eigenvalue weighted by Gasteiger charge is -2.38. The van der Waals surface area contributed by atoms with Gasteiger partial charge in [0, 0.05) is 19.5 Å². The fraction of sp³-hybridized carbons (Fsp3) is 0.258. The van der Waals surface area contributed by atoms with Crippen LogP contribution in [0.3, 0.4) is 0 Å². The van der Waals surface area contributed by atoms with Crippen molar-refractivity contribution in [2.24, 2.45) is 0 Å². The van der Waals surface area contributed by atoms with Gasteiger partial charge >= 0.3 is 0 Å². The Morgan fingerprint density at radius 2 is 1.95 bits per heavy atom. The molecule has 0 bridgehead atoms. The fourth-order valence-electron chi connectivity index (χ4n) is 4.81. The lowest BCUT2D eigenvalue weighted by atomic mass is 9.87. The number of aromatic nitrogens is 1. The van der Waals surface area contributed by atoms with Gasteiger partial charge in [0.05, 0.1) is 6.04 Å².